The molecular formula is C8H12N2. The van der Waals surface area contributed by atoms with Crippen molar-refractivity contribution >= 4 is 0 Å². The number of nitrogens with one attached hydrogen (secondary N) is 1. The minimum absolute atomic E-state index is 0.419. The van der Waals surface area contributed by atoms with Crippen molar-refractivity contribution in [2.24, 2.45) is 0 Å². The fourth-order valence-corrected chi connectivity index (χ4v) is 0.819. The minimum atomic E-state index is 0.419. The summed E-state index contributed by atoms with van der Waals surface area (Å²) in [5.41, 5.74) is 1.28. The third-order valence-electron chi connectivity index (χ3n) is 1.64. The Hall–Kier alpha value is -0.890. The van der Waals surface area contributed by atoms with E-state index in [0.717, 1.165) is 0 Å². The van der Waals surface area contributed by atoms with Gasteiger partial charge in [0.2, 0.25) is 0 Å². The molecule has 0 aliphatic carbocycles. The van der Waals surface area contributed by atoms with Gasteiger partial charge in [-0.1, -0.05) is 0 Å². The monoisotopic (exact) mass is 136 g/mol. The summed E-state index contributed by atoms with van der Waals surface area (Å²) in [4.78, 5) is 3.93. The fraction of sp³-hybridized carbons (Fsp3) is 0.375. The largest absolute Gasteiger partial charge is 0.313 e. The zero-order valence-electron chi connectivity index (χ0n) is 6.33. The van der Waals surface area contributed by atoms with Gasteiger partial charge in [0.15, 0.2) is 0 Å². The Balaban J connectivity index is 2.75. The molecule has 0 fully saturated rings. The molecule has 1 rings (SSSR count). The van der Waals surface area contributed by atoms with Gasteiger partial charge in [-0.05, 0) is 31.7 Å². The lowest BCUT2D eigenvalue weighted by molar-refractivity contribution is 0.651. The van der Waals surface area contributed by atoms with E-state index < -0.39 is 0 Å². The molecule has 0 bridgehead atoms. The van der Waals surface area contributed by atoms with Crippen molar-refractivity contribution in [1.29, 1.82) is 0 Å². The molecule has 1 aromatic heterocycles. The van der Waals surface area contributed by atoms with Crippen molar-refractivity contribution in [2.45, 2.75) is 13.0 Å². The fourth-order valence-electron chi connectivity index (χ4n) is 0.819. The molecule has 1 heterocycles. The van der Waals surface area contributed by atoms with E-state index in [1.807, 2.05) is 31.6 Å². The summed E-state index contributed by atoms with van der Waals surface area (Å²) in [5, 5.41) is 3.15. The van der Waals surface area contributed by atoms with Crippen LogP contribution in [0.15, 0.2) is 24.5 Å². The van der Waals surface area contributed by atoms with Gasteiger partial charge in [-0.15, -0.1) is 0 Å². The van der Waals surface area contributed by atoms with Gasteiger partial charge >= 0.3 is 0 Å². The van der Waals surface area contributed by atoms with Gasteiger partial charge in [0.05, 0.1) is 0 Å². The van der Waals surface area contributed by atoms with Crippen LogP contribution in [0.2, 0.25) is 0 Å². The number of hydrogen-bond donors (Lipinski definition) is 1. The summed E-state index contributed by atoms with van der Waals surface area (Å²) >= 11 is 0. The molecule has 10 heavy (non-hydrogen) atoms. The molecule has 0 aliphatic rings. The molecule has 2 heteroatoms. The second-order valence-electron chi connectivity index (χ2n) is 2.29. The molecule has 0 saturated heterocycles. The molecule has 1 atom stereocenters. The summed E-state index contributed by atoms with van der Waals surface area (Å²) in [6.45, 7) is 2.12. The van der Waals surface area contributed by atoms with Gasteiger partial charge in [-0.25, -0.2) is 0 Å². The van der Waals surface area contributed by atoms with Crippen LogP contribution in [-0.2, 0) is 0 Å². The van der Waals surface area contributed by atoms with Crippen molar-refractivity contribution < 1.29 is 0 Å². The molecule has 0 unspecified atom stereocenters. The van der Waals surface area contributed by atoms with E-state index in [9.17, 15) is 0 Å². The first-order valence-corrected chi connectivity index (χ1v) is 3.42. The predicted octanol–water partition coefficient (Wildman–Crippen LogP) is 1.36. The standard InChI is InChI=1S/C8H12N2/c1-7(9-2)8-3-5-10-6-4-8/h3-7,9H,1-2H3/t7-/m1/s1. The summed E-state index contributed by atoms with van der Waals surface area (Å²) in [5.74, 6) is 0. The summed E-state index contributed by atoms with van der Waals surface area (Å²) in [6.07, 6.45) is 3.62. The zero-order chi connectivity index (χ0) is 7.40. The van der Waals surface area contributed by atoms with Crippen LogP contribution in [0.4, 0.5) is 0 Å². The van der Waals surface area contributed by atoms with Gasteiger partial charge in [0, 0.05) is 18.4 Å². The number of nitrogens with zero attached hydrogens (tertiary/aromatic N) is 1. The van der Waals surface area contributed by atoms with Crippen LogP contribution in [0, 0.1) is 0 Å². The van der Waals surface area contributed by atoms with Crippen molar-refractivity contribution in [3.8, 4) is 0 Å². The normalized spacial score (nSPS) is 13.0. The molecule has 0 spiro atoms. The smallest absolute Gasteiger partial charge is 0.0290 e. The minimum Gasteiger partial charge on any atom is -0.313 e. The Bertz CT molecular complexity index is 184. The molecule has 2 nitrogen and oxygen atoms in total. The van der Waals surface area contributed by atoms with E-state index in [4.69, 9.17) is 0 Å². The average molecular weight is 136 g/mol. The van der Waals surface area contributed by atoms with Crippen LogP contribution in [0.3, 0.4) is 0 Å². The van der Waals surface area contributed by atoms with Crippen LogP contribution < -0.4 is 5.32 Å². The van der Waals surface area contributed by atoms with E-state index in [1.165, 1.54) is 5.56 Å². The Labute approximate surface area is 61.3 Å². The molecule has 0 aliphatic heterocycles. The number of aromatic nitrogens is 1. The van der Waals surface area contributed by atoms with Gasteiger partial charge in [-0.3, -0.25) is 4.98 Å². The lowest BCUT2D eigenvalue weighted by Crippen LogP contribution is -2.11. The maximum absolute atomic E-state index is 3.93. The maximum Gasteiger partial charge on any atom is 0.0290 e. The Morgan fingerprint density at radius 3 is 2.50 bits per heavy atom. The van der Waals surface area contributed by atoms with Crippen LogP contribution in [0.25, 0.3) is 0 Å². The first-order valence-electron chi connectivity index (χ1n) is 3.42. The van der Waals surface area contributed by atoms with Crippen molar-refractivity contribution in [3.63, 3.8) is 0 Å². The topological polar surface area (TPSA) is 24.9 Å². The summed E-state index contributed by atoms with van der Waals surface area (Å²) in [6, 6.07) is 4.45. The van der Waals surface area contributed by atoms with E-state index >= 15 is 0 Å². The Morgan fingerprint density at radius 2 is 2.00 bits per heavy atom. The first kappa shape index (κ1) is 7.22. The van der Waals surface area contributed by atoms with Gasteiger partial charge in [0.25, 0.3) is 0 Å². The molecule has 0 aromatic carbocycles. The lowest BCUT2D eigenvalue weighted by Gasteiger charge is -2.08. The maximum atomic E-state index is 3.93. The first-order chi connectivity index (χ1) is 4.84. The number of pyridine rings is 1. The average Bonchev–Trinajstić information content (AvgIpc) is 2.05. The van der Waals surface area contributed by atoms with Crippen molar-refractivity contribution in [2.75, 3.05) is 7.05 Å². The molecule has 0 amide bonds. The van der Waals surface area contributed by atoms with Gasteiger partial charge in [0.1, 0.15) is 0 Å². The molecule has 54 valence electrons. The molecule has 0 radical (unpaired) electrons. The Kier molecular flexibility index (Phi) is 2.40. The summed E-state index contributed by atoms with van der Waals surface area (Å²) in [7, 11) is 1.95. The second kappa shape index (κ2) is 3.32. The predicted molar refractivity (Wildman–Crippen MR) is 41.7 cm³/mol. The van der Waals surface area contributed by atoms with Crippen molar-refractivity contribution in [1.82, 2.24) is 10.3 Å². The van der Waals surface area contributed by atoms with E-state index in [1.54, 1.807) is 0 Å². The molecular weight excluding hydrogens is 124 g/mol. The zero-order valence-corrected chi connectivity index (χ0v) is 6.33. The highest BCUT2D eigenvalue weighted by molar-refractivity contribution is 5.13. The summed E-state index contributed by atoms with van der Waals surface area (Å²) < 4.78 is 0. The molecule has 0 saturated carbocycles. The van der Waals surface area contributed by atoms with Crippen molar-refractivity contribution in [3.05, 3.63) is 30.1 Å². The van der Waals surface area contributed by atoms with Gasteiger partial charge < -0.3 is 5.32 Å². The van der Waals surface area contributed by atoms with Crippen LogP contribution in [0.1, 0.15) is 18.5 Å². The van der Waals surface area contributed by atoms with Crippen LogP contribution in [0.5, 0.6) is 0 Å². The van der Waals surface area contributed by atoms with E-state index in [0.29, 0.717) is 6.04 Å². The van der Waals surface area contributed by atoms with Crippen LogP contribution in [-0.4, -0.2) is 12.0 Å². The van der Waals surface area contributed by atoms with E-state index in [-0.39, 0.29) is 0 Å². The third kappa shape index (κ3) is 1.54. The number of hydrogen-bond acceptors (Lipinski definition) is 2. The molecule has 1 N–H and O–H groups in total. The van der Waals surface area contributed by atoms with E-state index in [2.05, 4.69) is 17.2 Å². The molecule has 1 aromatic rings. The number of rotatable bonds is 2. The Morgan fingerprint density at radius 1 is 1.40 bits per heavy atom. The highest BCUT2D eigenvalue weighted by atomic mass is 14.9. The highest BCUT2D eigenvalue weighted by Crippen LogP contribution is 2.08. The van der Waals surface area contributed by atoms with Gasteiger partial charge in [-0.2, -0.15) is 0 Å². The highest BCUT2D eigenvalue weighted by Gasteiger charge is 1.98. The second-order valence-corrected chi connectivity index (χ2v) is 2.29. The lowest BCUT2D eigenvalue weighted by atomic mass is 10.1. The quantitative estimate of drug-likeness (QED) is 0.664. The SMILES string of the molecule is CN[C@H](C)c1ccncc1. The van der Waals surface area contributed by atoms with Crippen LogP contribution >= 0.6 is 0 Å². The third-order valence-corrected chi connectivity index (χ3v) is 1.64.